The van der Waals surface area contributed by atoms with Crippen LogP contribution in [0.2, 0.25) is 5.02 Å². The van der Waals surface area contributed by atoms with Crippen LogP contribution in [-0.2, 0) is 11.2 Å². The summed E-state index contributed by atoms with van der Waals surface area (Å²) in [6.45, 7) is 3.36. The van der Waals surface area contributed by atoms with Gasteiger partial charge in [-0.1, -0.05) is 48.9 Å². The molecule has 1 aliphatic rings. The number of amides is 1. The Kier molecular flexibility index (Phi) is 7.78. The highest BCUT2D eigenvalue weighted by atomic mass is 35.5. The summed E-state index contributed by atoms with van der Waals surface area (Å²) >= 11 is 6.24. The van der Waals surface area contributed by atoms with E-state index in [9.17, 15) is 4.79 Å². The van der Waals surface area contributed by atoms with Crippen LogP contribution < -0.4 is 20.5 Å². The topological polar surface area (TPSA) is 73.6 Å². The zero-order valence-electron chi connectivity index (χ0n) is 15.1. The molecule has 5 nitrogen and oxygen atoms in total. The molecule has 0 spiro atoms. The molecule has 0 saturated carbocycles. The number of carbonyl (C=O) groups is 1. The van der Waals surface area contributed by atoms with Gasteiger partial charge in [-0.3, -0.25) is 4.79 Å². The molecule has 0 aromatic heterocycles. The minimum absolute atomic E-state index is 0. The van der Waals surface area contributed by atoms with E-state index < -0.39 is 0 Å². The molecule has 3 N–H and O–H groups in total. The molecular formula is C20H24Cl2N2O3. The number of nitrogens with one attached hydrogen (secondary N) is 1. The number of hydrogen-bond donors (Lipinski definition) is 2. The third kappa shape index (κ3) is 5.28. The Morgan fingerprint density at radius 2 is 1.93 bits per heavy atom. The third-order valence-corrected chi connectivity index (χ3v) is 4.79. The van der Waals surface area contributed by atoms with Crippen LogP contribution in [0.3, 0.4) is 0 Å². The van der Waals surface area contributed by atoms with Crippen molar-refractivity contribution < 1.29 is 14.3 Å². The summed E-state index contributed by atoms with van der Waals surface area (Å²) in [5.41, 5.74) is 8.15. The molecule has 0 radical (unpaired) electrons. The molecule has 0 aliphatic carbocycles. The fourth-order valence-electron chi connectivity index (χ4n) is 2.93. The van der Waals surface area contributed by atoms with Gasteiger partial charge in [0.1, 0.15) is 13.2 Å². The normalized spacial score (nSPS) is 14.6. The molecule has 3 rings (SSSR count). The molecule has 0 bridgehead atoms. The van der Waals surface area contributed by atoms with Crippen molar-refractivity contribution in [3.05, 3.63) is 58.6 Å². The number of hydrogen-bond acceptors (Lipinski definition) is 4. The van der Waals surface area contributed by atoms with Gasteiger partial charge in [0, 0.05) is 12.6 Å². The average molecular weight is 411 g/mol. The monoisotopic (exact) mass is 410 g/mol. The van der Waals surface area contributed by atoms with Crippen molar-refractivity contribution in [2.75, 3.05) is 19.8 Å². The zero-order valence-corrected chi connectivity index (χ0v) is 16.7. The molecule has 2 aromatic rings. The molecule has 1 amide bonds. The second-order valence-corrected chi connectivity index (χ2v) is 6.78. The SMILES string of the molecule is CC(C(=O)NCCc1cc(Cl)c2c(c1)OCCO2)C(N)c1ccccc1.Cl. The number of benzene rings is 2. The van der Waals surface area contributed by atoms with Crippen LogP contribution in [0.5, 0.6) is 11.5 Å². The van der Waals surface area contributed by atoms with Gasteiger partial charge in [0.25, 0.3) is 0 Å². The minimum atomic E-state index is -0.333. The van der Waals surface area contributed by atoms with E-state index in [0.717, 1.165) is 11.1 Å². The summed E-state index contributed by atoms with van der Waals surface area (Å²) in [5, 5.41) is 3.48. The van der Waals surface area contributed by atoms with E-state index in [1.54, 1.807) is 0 Å². The Morgan fingerprint density at radius 1 is 1.22 bits per heavy atom. The quantitative estimate of drug-likeness (QED) is 0.763. The van der Waals surface area contributed by atoms with Crippen LogP contribution in [0.4, 0.5) is 0 Å². The molecule has 1 heterocycles. The van der Waals surface area contributed by atoms with Crippen molar-refractivity contribution in [1.82, 2.24) is 5.32 Å². The van der Waals surface area contributed by atoms with Crippen molar-refractivity contribution in [3.8, 4) is 11.5 Å². The smallest absolute Gasteiger partial charge is 0.224 e. The first kappa shape index (κ1) is 21.4. The maximum Gasteiger partial charge on any atom is 0.224 e. The number of fused-ring (bicyclic) bond motifs is 1. The average Bonchev–Trinajstić information content (AvgIpc) is 2.67. The number of halogens is 2. The first-order valence-corrected chi connectivity index (χ1v) is 9.10. The molecule has 7 heteroatoms. The standard InChI is InChI=1S/C20H23ClN2O3.ClH/c1-13(18(22)15-5-3-2-4-6-15)20(24)23-8-7-14-11-16(21)19-17(12-14)25-9-10-26-19;/h2-6,11-13,18H,7-10,22H2,1H3,(H,23,24);1H. The van der Waals surface area contributed by atoms with Gasteiger partial charge in [0.15, 0.2) is 11.5 Å². The van der Waals surface area contributed by atoms with Gasteiger partial charge < -0.3 is 20.5 Å². The molecule has 2 aromatic carbocycles. The van der Waals surface area contributed by atoms with Crippen molar-refractivity contribution in [2.45, 2.75) is 19.4 Å². The van der Waals surface area contributed by atoms with Crippen molar-refractivity contribution in [2.24, 2.45) is 11.7 Å². The molecule has 2 unspecified atom stereocenters. The fourth-order valence-corrected chi connectivity index (χ4v) is 3.21. The lowest BCUT2D eigenvalue weighted by atomic mass is 9.94. The van der Waals surface area contributed by atoms with Gasteiger partial charge in [-0.25, -0.2) is 0 Å². The van der Waals surface area contributed by atoms with E-state index in [2.05, 4.69) is 5.32 Å². The predicted octanol–water partition coefficient (Wildman–Crippen LogP) is 3.53. The van der Waals surface area contributed by atoms with Crippen LogP contribution in [-0.4, -0.2) is 25.7 Å². The number of carbonyl (C=O) groups excluding carboxylic acids is 1. The Bertz CT molecular complexity index is 771. The lowest BCUT2D eigenvalue weighted by molar-refractivity contribution is -0.125. The van der Waals surface area contributed by atoms with Crippen LogP contribution in [0.15, 0.2) is 42.5 Å². The van der Waals surface area contributed by atoms with Crippen LogP contribution in [0, 0.1) is 5.92 Å². The second kappa shape index (κ2) is 9.83. The molecule has 2 atom stereocenters. The Morgan fingerprint density at radius 3 is 2.67 bits per heavy atom. The second-order valence-electron chi connectivity index (χ2n) is 6.37. The van der Waals surface area contributed by atoms with Gasteiger partial charge in [-0.15, -0.1) is 12.4 Å². The molecule has 27 heavy (non-hydrogen) atoms. The first-order valence-electron chi connectivity index (χ1n) is 8.72. The molecule has 146 valence electrons. The summed E-state index contributed by atoms with van der Waals surface area (Å²) in [6.07, 6.45) is 0.648. The Labute approximate surface area is 170 Å². The largest absolute Gasteiger partial charge is 0.486 e. The number of rotatable bonds is 6. The highest BCUT2D eigenvalue weighted by Crippen LogP contribution is 2.38. The Balaban J connectivity index is 0.00000261. The molecular weight excluding hydrogens is 387 g/mol. The predicted molar refractivity (Wildman–Crippen MR) is 109 cm³/mol. The van der Waals surface area contributed by atoms with E-state index >= 15 is 0 Å². The van der Waals surface area contributed by atoms with Crippen LogP contribution in [0.25, 0.3) is 0 Å². The highest BCUT2D eigenvalue weighted by Gasteiger charge is 2.22. The van der Waals surface area contributed by atoms with Gasteiger partial charge in [0.2, 0.25) is 5.91 Å². The zero-order chi connectivity index (χ0) is 18.5. The van der Waals surface area contributed by atoms with Crippen molar-refractivity contribution >= 4 is 29.9 Å². The van der Waals surface area contributed by atoms with E-state index in [1.807, 2.05) is 49.4 Å². The molecule has 0 saturated heterocycles. The summed E-state index contributed by atoms with van der Waals surface area (Å²) in [4.78, 5) is 12.4. The summed E-state index contributed by atoms with van der Waals surface area (Å²) in [5.74, 6) is 0.865. The van der Waals surface area contributed by atoms with E-state index in [0.29, 0.717) is 42.7 Å². The van der Waals surface area contributed by atoms with Gasteiger partial charge in [0.05, 0.1) is 10.9 Å². The van der Waals surface area contributed by atoms with Crippen molar-refractivity contribution in [3.63, 3.8) is 0 Å². The van der Waals surface area contributed by atoms with Gasteiger partial charge >= 0.3 is 0 Å². The molecule has 0 fully saturated rings. The lowest BCUT2D eigenvalue weighted by Gasteiger charge is -2.21. The summed E-state index contributed by atoms with van der Waals surface area (Å²) in [7, 11) is 0. The van der Waals surface area contributed by atoms with Gasteiger partial charge in [-0.2, -0.15) is 0 Å². The van der Waals surface area contributed by atoms with E-state index in [-0.39, 0.29) is 30.3 Å². The molecule has 1 aliphatic heterocycles. The maximum atomic E-state index is 12.4. The van der Waals surface area contributed by atoms with Crippen LogP contribution >= 0.6 is 24.0 Å². The van der Waals surface area contributed by atoms with E-state index in [4.69, 9.17) is 26.8 Å². The summed E-state index contributed by atoms with van der Waals surface area (Å²) in [6, 6.07) is 13.1. The van der Waals surface area contributed by atoms with Gasteiger partial charge in [-0.05, 0) is 29.7 Å². The van der Waals surface area contributed by atoms with Crippen molar-refractivity contribution in [1.29, 1.82) is 0 Å². The fraction of sp³-hybridized carbons (Fsp3) is 0.350. The third-order valence-electron chi connectivity index (χ3n) is 4.51. The Hall–Kier alpha value is -1.95. The highest BCUT2D eigenvalue weighted by molar-refractivity contribution is 6.32. The number of ether oxygens (including phenoxy) is 2. The lowest BCUT2D eigenvalue weighted by Crippen LogP contribution is -2.36. The van der Waals surface area contributed by atoms with E-state index in [1.165, 1.54) is 0 Å². The maximum absolute atomic E-state index is 12.4. The summed E-state index contributed by atoms with van der Waals surface area (Å²) < 4.78 is 11.1. The first-order chi connectivity index (χ1) is 12.6. The minimum Gasteiger partial charge on any atom is -0.486 e. The number of nitrogens with two attached hydrogens (primary N) is 1. The van der Waals surface area contributed by atoms with Crippen LogP contribution in [0.1, 0.15) is 24.1 Å².